The van der Waals surface area contributed by atoms with Crippen molar-refractivity contribution in [2.45, 2.75) is 19.3 Å². The van der Waals surface area contributed by atoms with E-state index in [1.807, 2.05) is 0 Å². The van der Waals surface area contributed by atoms with Crippen LogP contribution in [0.3, 0.4) is 0 Å². The monoisotopic (exact) mass is 410 g/mol. The van der Waals surface area contributed by atoms with Gasteiger partial charge in [0.15, 0.2) is 5.96 Å². The van der Waals surface area contributed by atoms with Gasteiger partial charge in [-0.15, -0.1) is 24.0 Å². The number of carbonyl (C=O) groups is 1. The van der Waals surface area contributed by atoms with Crippen LogP contribution < -0.4 is 10.6 Å². The third-order valence-electron chi connectivity index (χ3n) is 3.71. The number of hydrogen-bond acceptors (Lipinski definition) is 3. The highest BCUT2D eigenvalue weighted by molar-refractivity contribution is 14.0. The molecule has 1 atom stereocenters. The van der Waals surface area contributed by atoms with Gasteiger partial charge in [0.1, 0.15) is 6.54 Å². The topological polar surface area (TPSA) is 66.0 Å². The molecule has 1 heterocycles. The molecule has 2 fully saturated rings. The molecular weight excluding hydrogens is 383 g/mol. The summed E-state index contributed by atoms with van der Waals surface area (Å²) in [7, 11) is 3.50. The molecule has 0 aromatic heterocycles. The van der Waals surface area contributed by atoms with Crippen molar-refractivity contribution in [1.29, 1.82) is 0 Å². The fourth-order valence-corrected chi connectivity index (χ4v) is 2.01. The molecule has 0 aromatic rings. The molecule has 1 unspecified atom stereocenters. The van der Waals surface area contributed by atoms with Crippen LogP contribution >= 0.6 is 24.0 Å². The Morgan fingerprint density at radius 1 is 1.19 bits per heavy atom. The van der Waals surface area contributed by atoms with Gasteiger partial charge in [-0.3, -0.25) is 4.79 Å². The highest BCUT2D eigenvalue weighted by Crippen LogP contribution is 2.27. The molecule has 0 spiro atoms. The van der Waals surface area contributed by atoms with E-state index < -0.39 is 0 Å². The van der Waals surface area contributed by atoms with Gasteiger partial charge in [-0.2, -0.15) is 0 Å². The van der Waals surface area contributed by atoms with Crippen LogP contribution in [0, 0.1) is 11.8 Å². The molecule has 1 amide bonds. The lowest BCUT2D eigenvalue weighted by molar-refractivity contribution is -0.127. The van der Waals surface area contributed by atoms with Crippen molar-refractivity contribution in [2.75, 3.05) is 46.9 Å². The van der Waals surface area contributed by atoms with Gasteiger partial charge in [-0.05, 0) is 25.2 Å². The maximum atomic E-state index is 11.6. The van der Waals surface area contributed by atoms with Crippen LogP contribution in [0.25, 0.3) is 0 Å². The number of nitrogens with one attached hydrogen (secondary N) is 2. The minimum Gasteiger partial charge on any atom is -0.381 e. The van der Waals surface area contributed by atoms with E-state index in [0.717, 1.165) is 44.6 Å². The Morgan fingerprint density at radius 3 is 2.38 bits per heavy atom. The maximum absolute atomic E-state index is 11.6. The molecule has 1 saturated heterocycles. The molecule has 6 nitrogen and oxygen atoms in total. The van der Waals surface area contributed by atoms with Gasteiger partial charge in [0.2, 0.25) is 5.91 Å². The van der Waals surface area contributed by atoms with E-state index in [-0.39, 0.29) is 36.4 Å². The number of amides is 1. The molecule has 0 bridgehead atoms. The van der Waals surface area contributed by atoms with E-state index in [1.165, 1.54) is 12.8 Å². The fraction of sp³-hybridized carbons (Fsp3) is 0.857. The van der Waals surface area contributed by atoms with Crippen molar-refractivity contribution in [2.24, 2.45) is 16.8 Å². The van der Waals surface area contributed by atoms with E-state index in [1.54, 1.807) is 19.0 Å². The van der Waals surface area contributed by atoms with Gasteiger partial charge in [-0.1, -0.05) is 0 Å². The predicted molar refractivity (Wildman–Crippen MR) is 94.1 cm³/mol. The van der Waals surface area contributed by atoms with Crippen LogP contribution in [0.4, 0.5) is 0 Å². The molecule has 1 saturated carbocycles. The number of guanidine groups is 1. The lowest BCUT2D eigenvalue weighted by Gasteiger charge is -2.15. The molecular formula is C14H27IN4O2. The van der Waals surface area contributed by atoms with Gasteiger partial charge >= 0.3 is 0 Å². The molecule has 21 heavy (non-hydrogen) atoms. The number of rotatable bonds is 6. The number of carbonyl (C=O) groups excluding carboxylic acids is 1. The van der Waals surface area contributed by atoms with Gasteiger partial charge in [0.25, 0.3) is 0 Å². The van der Waals surface area contributed by atoms with Crippen LogP contribution in [0.2, 0.25) is 0 Å². The second-order valence-electron chi connectivity index (χ2n) is 5.89. The van der Waals surface area contributed by atoms with E-state index >= 15 is 0 Å². The quantitative estimate of drug-likeness (QED) is 0.384. The average Bonchev–Trinajstić information content (AvgIpc) is 3.11. The Kier molecular flexibility index (Phi) is 8.31. The van der Waals surface area contributed by atoms with Crippen LogP contribution in [-0.4, -0.2) is 63.7 Å². The summed E-state index contributed by atoms with van der Waals surface area (Å²) in [5, 5.41) is 6.65. The summed E-state index contributed by atoms with van der Waals surface area (Å²) in [4.78, 5) is 17.5. The molecule has 1 aliphatic heterocycles. The van der Waals surface area contributed by atoms with Crippen LogP contribution in [0.5, 0.6) is 0 Å². The van der Waals surface area contributed by atoms with Crippen molar-refractivity contribution in [1.82, 2.24) is 15.5 Å². The van der Waals surface area contributed by atoms with Crippen LogP contribution in [0.1, 0.15) is 19.3 Å². The fourth-order valence-electron chi connectivity index (χ4n) is 2.01. The molecule has 0 aromatic carbocycles. The smallest absolute Gasteiger partial charge is 0.243 e. The van der Waals surface area contributed by atoms with E-state index in [4.69, 9.17) is 4.74 Å². The largest absolute Gasteiger partial charge is 0.381 e. The zero-order valence-corrected chi connectivity index (χ0v) is 15.3. The minimum atomic E-state index is 0. The second-order valence-corrected chi connectivity index (χ2v) is 5.89. The molecule has 7 heteroatoms. The van der Waals surface area contributed by atoms with Crippen molar-refractivity contribution in [3.05, 3.63) is 0 Å². The number of aliphatic imine (C=N–C) groups is 1. The zero-order valence-electron chi connectivity index (χ0n) is 12.9. The number of hydrogen-bond donors (Lipinski definition) is 2. The summed E-state index contributed by atoms with van der Waals surface area (Å²) in [5.41, 5.74) is 0. The zero-order chi connectivity index (χ0) is 14.4. The number of nitrogens with zero attached hydrogens (tertiary/aromatic N) is 2. The third kappa shape index (κ3) is 7.30. The first-order chi connectivity index (χ1) is 9.65. The van der Waals surface area contributed by atoms with Gasteiger partial charge in [0, 0.05) is 39.7 Å². The van der Waals surface area contributed by atoms with Crippen molar-refractivity contribution < 1.29 is 9.53 Å². The number of likely N-dealkylation sites (N-methyl/N-ethyl adjacent to an activating group) is 1. The highest BCUT2D eigenvalue weighted by Gasteiger charge is 2.22. The highest BCUT2D eigenvalue weighted by atomic mass is 127. The molecule has 2 N–H and O–H groups in total. The lowest BCUT2D eigenvalue weighted by Crippen LogP contribution is -2.41. The summed E-state index contributed by atoms with van der Waals surface area (Å²) in [6, 6.07) is 0. The summed E-state index contributed by atoms with van der Waals surface area (Å²) in [5.74, 6) is 2.09. The first-order valence-corrected chi connectivity index (χ1v) is 7.45. The molecule has 2 aliphatic rings. The number of halogens is 1. The van der Waals surface area contributed by atoms with E-state index in [9.17, 15) is 4.79 Å². The van der Waals surface area contributed by atoms with Crippen molar-refractivity contribution in [3.8, 4) is 0 Å². The second kappa shape index (κ2) is 9.45. The molecule has 0 radical (unpaired) electrons. The molecule has 1 aliphatic carbocycles. The summed E-state index contributed by atoms with van der Waals surface area (Å²) >= 11 is 0. The van der Waals surface area contributed by atoms with E-state index in [0.29, 0.717) is 5.92 Å². The van der Waals surface area contributed by atoms with Gasteiger partial charge < -0.3 is 20.3 Å². The summed E-state index contributed by atoms with van der Waals surface area (Å²) < 4.78 is 5.37. The Hall–Kier alpha value is -0.570. The predicted octanol–water partition coefficient (Wildman–Crippen LogP) is 0.674. The lowest BCUT2D eigenvalue weighted by atomic mass is 10.1. The minimum absolute atomic E-state index is 0. The Balaban J connectivity index is 0.00000220. The van der Waals surface area contributed by atoms with Crippen LogP contribution in [-0.2, 0) is 9.53 Å². The SMILES string of the molecule is CN(C)C(=O)CN=C(NCC1CC1)NCC1CCOC1.I. The average molecular weight is 410 g/mol. The van der Waals surface area contributed by atoms with Crippen LogP contribution in [0.15, 0.2) is 4.99 Å². The van der Waals surface area contributed by atoms with Crippen molar-refractivity contribution in [3.63, 3.8) is 0 Å². The van der Waals surface area contributed by atoms with Gasteiger partial charge in [0.05, 0.1) is 6.61 Å². The summed E-state index contributed by atoms with van der Waals surface area (Å²) in [6.45, 7) is 3.66. The number of ether oxygens (including phenoxy) is 1. The normalized spacial score (nSPS) is 21.6. The molecule has 122 valence electrons. The first kappa shape index (κ1) is 18.5. The van der Waals surface area contributed by atoms with E-state index in [2.05, 4.69) is 15.6 Å². The standard InChI is InChI=1S/C14H26N4O2.HI/c1-18(2)13(19)9-17-14(15-7-11-3-4-11)16-8-12-5-6-20-10-12;/h11-12H,3-10H2,1-2H3,(H2,15,16,17);1H. The maximum Gasteiger partial charge on any atom is 0.243 e. The summed E-state index contributed by atoms with van der Waals surface area (Å²) in [6.07, 6.45) is 3.69. The third-order valence-corrected chi connectivity index (χ3v) is 3.71. The Labute approximate surface area is 144 Å². The Bertz CT molecular complexity index is 353. The van der Waals surface area contributed by atoms with Gasteiger partial charge in [-0.25, -0.2) is 4.99 Å². The van der Waals surface area contributed by atoms with Crippen molar-refractivity contribution >= 4 is 35.8 Å². The first-order valence-electron chi connectivity index (χ1n) is 7.45. The molecule has 2 rings (SSSR count). The Morgan fingerprint density at radius 2 is 1.86 bits per heavy atom.